The first-order chi connectivity index (χ1) is 14.9. The number of aromatic amines is 1. The molecule has 0 bridgehead atoms. The van der Waals surface area contributed by atoms with Gasteiger partial charge in [-0.15, -0.1) is 12.4 Å². The van der Waals surface area contributed by atoms with E-state index in [0.29, 0.717) is 13.1 Å². The Labute approximate surface area is 192 Å². The van der Waals surface area contributed by atoms with Crippen LogP contribution in [0.2, 0.25) is 0 Å². The molecule has 1 unspecified atom stereocenters. The zero-order chi connectivity index (χ0) is 21.8. The molecule has 9 heteroatoms. The standard InChI is InChI=1S/C23H24N4O3S.ClH/c1-16(27-31(29,30)21-5-3-20-15-25-11-9-18(20)13-21)14-24-10-8-17-2-6-22-19(12-17)4-7-23(28)26-22;/h2-7,9,11-13,15-16,24,27H,8,10,14H2,1H3,(H,26,28);1H. The lowest BCUT2D eigenvalue weighted by atomic mass is 10.1. The number of rotatable bonds is 8. The largest absolute Gasteiger partial charge is 0.322 e. The lowest BCUT2D eigenvalue weighted by molar-refractivity contribution is 0.537. The van der Waals surface area contributed by atoms with E-state index in [4.69, 9.17) is 0 Å². The predicted molar refractivity (Wildman–Crippen MR) is 130 cm³/mol. The Morgan fingerprint density at radius 3 is 2.66 bits per heavy atom. The van der Waals surface area contributed by atoms with Crippen molar-refractivity contribution in [3.05, 3.63) is 82.9 Å². The van der Waals surface area contributed by atoms with Gasteiger partial charge < -0.3 is 10.3 Å². The summed E-state index contributed by atoms with van der Waals surface area (Å²) in [5.74, 6) is 0. The highest BCUT2D eigenvalue weighted by Gasteiger charge is 2.17. The summed E-state index contributed by atoms with van der Waals surface area (Å²) in [5.41, 5.74) is 1.85. The van der Waals surface area contributed by atoms with Crippen molar-refractivity contribution in [3.63, 3.8) is 0 Å². The Kier molecular flexibility index (Phi) is 7.63. The summed E-state index contributed by atoms with van der Waals surface area (Å²) in [6, 6.07) is 15.8. The SMILES string of the molecule is CC(CNCCc1ccc2[nH]c(=O)ccc2c1)NS(=O)(=O)c1ccc2cnccc2c1.Cl. The van der Waals surface area contributed by atoms with Crippen LogP contribution in [0.3, 0.4) is 0 Å². The minimum atomic E-state index is -3.61. The molecule has 2 aromatic heterocycles. The van der Waals surface area contributed by atoms with Crippen LogP contribution in [-0.2, 0) is 16.4 Å². The smallest absolute Gasteiger partial charge is 0.248 e. The van der Waals surface area contributed by atoms with Crippen molar-refractivity contribution in [2.45, 2.75) is 24.3 Å². The van der Waals surface area contributed by atoms with Gasteiger partial charge in [-0.1, -0.05) is 12.1 Å². The Balaban J connectivity index is 0.00000289. The van der Waals surface area contributed by atoms with Crippen molar-refractivity contribution in [1.29, 1.82) is 0 Å². The van der Waals surface area contributed by atoms with E-state index in [1.807, 2.05) is 31.2 Å². The maximum atomic E-state index is 12.7. The third-order valence-corrected chi connectivity index (χ3v) is 6.69. The molecule has 1 atom stereocenters. The van der Waals surface area contributed by atoms with Crippen molar-refractivity contribution >= 4 is 44.1 Å². The van der Waals surface area contributed by atoms with Gasteiger partial charge in [-0.25, -0.2) is 13.1 Å². The van der Waals surface area contributed by atoms with Crippen molar-refractivity contribution < 1.29 is 8.42 Å². The van der Waals surface area contributed by atoms with Gasteiger partial charge in [-0.3, -0.25) is 9.78 Å². The number of fused-ring (bicyclic) bond motifs is 2. The molecule has 0 aliphatic carbocycles. The van der Waals surface area contributed by atoms with Gasteiger partial charge in [-0.2, -0.15) is 0 Å². The van der Waals surface area contributed by atoms with E-state index in [-0.39, 0.29) is 28.9 Å². The molecule has 168 valence electrons. The summed E-state index contributed by atoms with van der Waals surface area (Å²) in [4.78, 5) is 18.5. The molecule has 4 aromatic rings. The first-order valence-corrected chi connectivity index (χ1v) is 11.6. The van der Waals surface area contributed by atoms with Crippen LogP contribution in [-0.4, -0.2) is 37.5 Å². The maximum absolute atomic E-state index is 12.7. The quantitative estimate of drug-likeness (QED) is 0.342. The fraction of sp³-hybridized carbons (Fsp3) is 0.217. The van der Waals surface area contributed by atoms with Crippen LogP contribution < -0.4 is 15.6 Å². The summed E-state index contributed by atoms with van der Waals surface area (Å²) < 4.78 is 28.1. The number of benzene rings is 2. The highest BCUT2D eigenvalue weighted by Crippen LogP contribution is 2.18. The van der Waals surface area contributed by atoms with E-state index in [1.165, 1.54) is 6.07 Å². The molecule has 0 spiro atoms. The monoisotopic (exact) mass is 472 g/mol. The molecule has 7 nitrogen and oxygen atoms in total. The zero-order valence-electron chi connectivity index (χ0n) is 17.5. The van der Waals surface area contributed by atoms with Gasteiger partial charge in [0.05, 0.1) is 4.90 Å². The average molecular weight is 473 g/mol. The van der Waals surface area contributed by atoms with Crippen LogP contribution in [0.25, 0.3) is 21.7 Å². The molecule has 32 heavy (non-hydrogen) atoms. The number of nitrogens with one attached hydrogen (secondary N) is 3. The number of hydrogen-bond donors (Lipinski definition) is 3. The maximum Gasteiger partial charge on any atom is 0.248 e. The molecule has 0 aliphatic rings. The number of nitrogens with zero attached hydrogens (tertiary/aromatic N) is 1. The number of aromatic nitrogens is 2. The predicted octanol–water partition coefficient (Wildman–Crippen LogP) is 3.00. The lowest BCUT2D eigenvalue weighted by Gasteiger charge is -2.15. The van der Waals surface area contributed by atoms with E-state index in [9.17, 15) is 13.2 Å². The second-order valence-electron chi connectivity index (χ2n) is 7.61. The third kappa shape index (κ3) is 5.72. The topological polar surface area (TPSA) is 104 Å². The Bertz CT molecular complexity index is 1390. The highest BCUT2D eigenvalue weighted by molar-refractivity contribution is 7.89. The van der Waals surface area contributed by atoms with E-state index >= 15 is 0 Å². The molecule has 0 fully saturated rings. The molecule has 4 rings (SSSR count). The summed E-state index contributed by atoms with van der Waals surface area (Å²) in [7, 11) is -3.61. The number of H-pyrrole nitrogens is 1. The third-order valence-electron chi connectivity index (χ3n) is 5.11. The van der Waals surface area contributed by atoms with E-state index in [0.717, 1.165) is 33.7 Å². The number of halogens is 1. The van der Waals surface area contributed by atoms with Crippen molar-refractivity contribution in [2.75, 3.05) is 13.1 Å². The second-order valence-corrected chi connectivity index (χ2v) is 9.32. The van der Waals surface area contributed by atoms with Crippen molar-refractivity contribution in [2.24, 2.45) is 0 Å². The molecule has 0 radical (unpaired) electrons. The summed E-state index contributed by atoms with van der Waals surface area (Å²) in [6.07, 6.45) is 4.15. The molecule has 0 saturated heterocycles. The molecule has 2 aromatic carbocycles. The Hall–Kier alpha value is -2.78. The van der Waals surface area contributed by atoms with E-state index in [2.05, 4.69) is 20.0 Å². The molecule has 0 amide bonds. The molecule has 0 saturated carbocycles. The normalized spacial score (nSPS) is 12.5. The summed E-state index contributed by atoms with van der Waals surface area (Å²) in [6.45, 7) is 3.06. The first kappa shape index (κ1) is 23.9. The zero-order valence-corrected chi connectivity index (χ0v) is 19.2. The number of hydrogen-bond acceptors (Lipinski definition) is 5. The van der Waals surface area contributed by atoms with Gasteiger partial charge in [0.25, 0.3) is 0 Å². The number of sulfonamides is 1. The summed E-state index contributed by atoms with van der Waals surface area (Å²) in [5, 5.41) is 6.03. The van der Waals surface area contributed by atoms with Gasteiger partial charge >= 0.3 is 0 Å². The van der Waals surface area contributed by atoms with Gasteiger partial charge in [0, 0.05) is 41.9 Å². The highest BCUT2D eigenvalue weighted by atomic mass is 35.5. The number of pyridine rings is 2. The van der Waals surface area contributed by atoms with E-state index < -0.39 is 10.0 Å². The van der Waals surface area contributed by atoms with Crippen LogP contribution in [0.1, 0.15) is 12.5 Å². The van der Waals surface area contributed by atoms with E-state index in [1.54, 1.807) is 36.7 Å². The minimum absolute atomic E-state index is 0. The van der Waals surface area contributed by atoms with Crippen LogP contribution in [0.15, 0.2) is 76.7 Å². The van der Waals surface area contributed by atoms with Gasteiger partial charge in [0.2, 0.25) is 15.6 Å². The average Bonchev–Trinajstić information content (AvgIpc) is 2.76. The van der Waals surface area contributed by atoms with Gasteiger partial charge in [-0.05, 0) is 72.6 Å². The molecular weight excluding hydrogens is 448 g/mol. The first-order valence-electron chi connectivity index (χ1n) is 10.1. The minimum Gasteiger partial charge on any atom is -0.322 e. The van der Waals surface area contributed by atoms with Crippen LogP contribution in [0.4, 0.5) is 0 Å². The molecular formula is C23H25ClN4O3S. The van der Waals surface area contributed by atoms with Crippen LogP contribution in [0, 0.1) is 0 Å². The Morgan fingerprint density at radius 1 is 1.00 bits per heavy atom. The van der Waals surface area contributed by atoms with Gasteiger partial charge in [0.1, 0.15) is 0 Å². The van der Waals surface area contributed by atoms with Crippen LogP contribution in [0.5, 0.6) is 0 Å². The molecule has 3 N–H and O–H groups in total. The van der Waals surface area contributed by atoms with Crippen molar-refractivity contribution in [3.8, 4) is 0 Å². The van der Waals surface area contributed by atoms with Crippen molar-refractivity contribution in [1.82, 2.24) is 20.0 Å². The molecule has 2 heterocycles. The van der Waals surface area contributed by atoms with Gasteiger partial charge in [0.15, 0.2) is 0 Å². The van der Waals surface area contributed by atoms with Crippen LogP contribution >= 0.6 is 12.4 Å². The molecule has 0 aliphatic heterocycles. The Morgan fingerprint density at radius 2 is 1.81 bits per heavy atom. The second kappa shape index (κ2) is 10.2. The lowest BCUT2D eigenvalue weighted by Crippen LogP contribution is -2.40. The fourth-order valence-electron chi connectivity index (χ4n) is 3.51. The fourth-order valence-corrected chi connectivity index (χ4v) is 4.79. The summed E-state index contributed by atoms with van der Waals surface area (Å²) >= 11 is 0.